The van der Waals surface area contributed by atoms with Gasteiger partial charge in [0, 0.05) is 6.21 Å². The zero-order chi connectivity index (χ0) is 13.5. The van der Waals surface area contributed by atoms with E-state index in [-0.39, 0.29) is 11.5 Å². The average molecular weight is 257 g/mol. The molecule has 0 saturated carbocycles. The van der Waals surface area contributed by atoms with Crippen molar-refractivity contribution in [2.45, 2.75) is 0 Å². The number of hydrazone groups is 1. The van der Waals surface area contributed by atoms with Crippen molar-refractivity contribution < 1.29 is 9.42 Å². The van der Waals surface area contributed by atoms with Gasteiger partial charge in [-0.25, -0.2) is 10.1 Å². The molecule has 0 aliphatic carbocycles. The van der Waals surface area contributed by atoms with Gasteiger partial charge in [-0.05, 0) is 22.0 Å². The van der Waals surface area contributed by atoms with E-state index in [1.807, 2.05) is 36.4 Å². The first-order valence-corrected chi connectivity index (χ1v) is 5.40. The van der Waals surface area contributed by atoms with E-state index in [0.717, 1.165) is 5.56 Å². The van der Waals surface area contributed by atoms with Gasteiger partial charge in [-0.1, -0.05) is 36.4 Å². The fourth-order valence-electron chi connectivity index (χ4n) is 1.26. The summed E-state index contributed by atoms with van der Waals surface area (Å²) in [5, 5.41) is 10.3. The van der Waals surface area contributed by atoms with Crippen LogP contribution in [0.3, 0.4) is 0 Å². The molecular formula is C12H11N5O2. The van der Waals surface area contributed by atoms with Gasteiger partial charge >= 0.3 is 0 Å². The van der Waals surface area contributed by atoms with Crippen molar-refractivity contribution in [1.82, 2.24) is 15.7 Å². The standard InChI is InChI=1S/C12H11N5O2/c13-11-10(16-19-17-11)12(18)15-14-8-4-7-9-5-2-1-3-6-9/h1-8H,(H2,13,17)(H,15,18)/b7-4+,14-8+. The Morgan fingerprint density at radius 3 is 2.79 bits per heavy atom. The maximum absolute atomic E-state index is 11.5. The molecule has 2 rings (SSSR count). The first-order valence-electron chi connectivity index (χ1n) is 5.40. The van der Waals surface area contributed by atoms with Crippen LogP contribution in [-0.4, -0.2) is 22.4 Å². The summed E-state index contributed by atoms with van der Waals surface area (Å²) >= 11 is 0. The van der Waals surface area contributed by atoms with Crippen LogP contribution in [0.2, 0.25) is 0 Å². The Kier molecular flexibility index (Phi) is 4.01. The van der Waals surface area contributed by atoms with E-state index < -0.39 is 5.91 Å². The molecule has 0 unspecified atom stereocenters. The second-order valence-electron chi connectivity index (χ2n) is 3.49. The highest BCUT2D eigenvalue weighted by Crippen LogP contribution is 2.03. The van der Waals surface area contributed by atoms with Crippen LogP contribution in [0.1, 0.15) is 16.1 Å². The van der Waals surface area contributed by atoms with Crippen LogP contribution in [0.15, 0.2) is 46.1 Å². The SMILES string of the molecule is Nc1nonc1C(=O)N/N=C/C=C/c1ccccc1. The summed E-state index contributed by atoms with van der Waals surface area (Å²) in [5.41, 5.74) is 8.54. The fourth-order valence-corrected chi connectivity index (χ4v) is 1.26. The Balaban J connectivity index is 1.86. The maximum Gasteiger partial charge on any atom is 0.297 e. The molecule has 3 N–H and O–H groups in total. The topological polar surface area (TPSA) is 106 Å². The number of allylic oxidation sites excluding steroid dienone is 1. The number of nitrogens with one attached hydrogen (secondary N) is 1. The van der Waals surface area contributed by atoms with Gasteiger partial charge in [0.15, 0.2) is 0 Å². The normalized spacial score (nSPS) is 11.2. The number of hydrogen-bond donors (Lipinski definition) is 2. The molecule has 1 aromatic carbocycles. The first-order chi connectivity index (χ1) is 9.27. The molecule has 96 valence electrons. The third-order valence-corrected chi connectivity index (χ3v) is 2.14. The lowest BCUT2D eigenvalue weighted by atomic mass is 10.2. The average Bonchev–Trinajstić information content (AvgIpc) is 2.86. The van der Waals surface area contributed by atoms with Crippen LogP contribution in [0.25, 0.3) is 6.08 Å². The summed E-state index contributed by atoms with van der Waals surface area (Å²) in [7, 11) is 0. The van der Waals surface area contributed by atoms with Crippen LogP contribution in [0, 0.1) is 0 Å². The Bertz CT molecular complexity index is 604. The molecule has 0 bridgehead atoms. The smallest absolute Gasteiger partial charge is 0.297 e. The molecule has 0 radical (unpaired) electrons. The van der Waals surface area contributed by atoms with Crippen LogP contribution < -0.4 is 11.2 Å². The molecular weight excluding hydrogens is 246 g/mol. The minimum absolute atomic E-state index is 0.0764. The van der Waals surface area contributed by atoms with Crippen molar-refractivity contribution in [3.05, 3.63) is 47.7 Å². The summed E-state index contributed by atoms with van der Waals surface area (Å²) in [6, 6.07) is 9.69. The van der Waals surface area contributed by atoms with E-state index in [2.05, 4.69) is 25.5 Å². The van der Waals surface area contributed by atoms with Crippen LogP contribution in [-0.2, 0) is 0 Å². The third-order valence-electron chi connectivity index (χ3n) is 2.14. The molecule has 0 aliphatic heterocycles. The number of benzene rings is 1. The fraction of sp³-hybridized carbons (Fsp3) is 0. The summed E-state index contributed by atoms with van der Waals surface area (Å²) in [6.45, 7) is 0. The van der Waals surface area contributed by atoms with Crippen molar-refractivity contribution in [2.24, 2.45) is 5.10 Å². The summed E-state index contributed by atoms with van der Waals surface area (Å²) in [4.78, 5) is 11.5. The predicted molar refractivity (Wildman–Crippen MR) is 70.1 cm³/mol. The number of anilines is 1. The summed E-state index contributed by atoms with van der Waals surface area (Å²) < 4.78 is 4.30. The van der Waals surface area contributed by atoms with E-state index in [0.29, 0.717) is 0 Å². The van der Waals surface area contributed by atoms with Gasteiger partial charge in [0.05, 0.1) is 0 Å². The van der Waals surface area contributed by atoms with Gasteiger partial charge < -0.3 is 5.73 Å². The molecule has 0 spiro atoms. The molecule has 0 saturated heterocycles. The van der Waals surface area contributed by atoms with E-state index >= 15 is 0 Å². The van der Waals surface area contributed by atoms with Crippen LogP contribution in [0.4, 0.5) is 5.82 Å². The predicted octanol–water partition coefficient (Wildman–Crippen LogP) is 1.08. The number of carbonyl (C=O) groups is 1. The van der Waals surface area contributed by atoms with Gasteiger partial charge in [0.2, 0.25) is 11.5 Å². The van der Waals surface area contributed by atoms with Crippen LogP contribution in [0.5, 0.6) is 0 Å². The molecule has 7 heteroatoms. The molecule has 1 aromatic heterocycles. The Hall–Kier alpha value is -2.96. The lowest BCUT2D eigenvalue weighted by molar-refractivity contribution is 0.0946. The minimum Gasteiger partial charge on any atom is -0.379 e. The van der Waals surface area contributed by atoms with Crippen molar-refractivity contribution in [3.8, 4) is 0 Å². The van der Waals surface area contributed by atoms with Crippen molar-refractivity contribution >= 4 is 24.0 Å². The molecule has 0 aliphatic rings. The summed E-state index contributed by atoms with van der Waals surface area (Å²) in [6.07, 6.45) is 4.98. The zero-order valence-corrected chi connectivity index (χ0v) is 9.85. The number of carbonyl (C=O) groups excluding carboxylic acids is 1. The molecule has 7 nitrogen and oxygen atoms in total. The van der Waals surface area contributed by atoms with Gasteiger partial charge in [-0.15, -0.1) is 0 Å². The van der Waals surface area contributed by atoms with E-state index in [1.165, 1.54) is 6.21 Å². The monoisotopic (exact) mass is 257 g/mol. The summed E-state index contributed by atoms with van der Waals surface area (Å²) in [5.74, 6) is -0.657. The van der Waals surface area contributed by atoms with E-state index in [9.17, 15) is 4.79 Å². The highest BCUT2D eigenvalue weighted by molar-refractivity contribution is 5.96. The highest BCUT2D eigenvalue weighted by atomic mass is 16.6. The minimum atomic E-state index is -0.580. The number of nitrogens with two attached hydrogens (primary N) is 1. The Labute approximate surface area is 108 Å². The van der Waals surface area contributed by atoms with Crippen molar-refractivity contribution in [3.63, 3.8) is 0 Å². The molecule has 1 amide bonds. The van der Waals surface area contributed by atoms with Gasteiger partial charge in [0.1, 0.15) is 0 Å². The number of hydrogen-bond acceptors (Lipinski definition) is 6. The third kappa shape index (κ3) is 3.50. The molecule has 19 heavy (non-hydrogen) atoms. The molecule has 0 fully saturated rings. The van der Waals surface area contributed by atoms with Crippen molar-refractivity contribution in [1.29, 1.82) is 0 Å². The lowest BCUT2D eigenvalue weighted by Crippen LogP contribution is -2.19. The maximum atomic E-state index is 11.5. The molecule has 1 heterocycles. The number of nitrogen functional groups attached to an aromatic ring is 1. The quantitative estimate of drug-likeness (QED) is 0.629. The highest BCUT2D eigenvalue weighted by Gasteiger charge is 2.14. The molecule has 2 aromatic rings. The second kappa shape index (κ2) is 6.10. The van der Waals surface area contributed by atoms with Gasteiger partial charge in [-0.2, -0.15) is 5.10 Å². The Morgan fingerprint density at radius 2 is 2.11 bits per heavy atom. The van der Waals surface area contributed by atoms with Gasteiger partial charge in [-0.3, -0.25) is 4.79 Å². The number of amides is 1. The van der Waals surface area contributed by atoms with Crippen molar-refractivity contribution in [2.75, 3.05) is 5.73 Å². The van der Waals surface area contributed by atoms with E-state index in [4.69, 9.17) is 5.73 Å². The zero-order valence-electron chi connectivity index (χ0n) is 9.85. The van der Waals surface area contributed by atoms with E-state index in [1.54, 1.807) is 6.08 Å². The number of nitrogens with zero attached hydrogens (tertiary/aromatic N) is 3. The lowest BCUT2D eigenvalue weighted by Gasteiger charge is -1.93. The number of rotatable bonds is 4. The Morgan fingerprint density at radius 1 is 1.32 bits per heavy atom. The first kappa shape index (κ1) is 12.5. The molecule has 0 atom stereocenters. The largest absolute Gasteiger partial charge is 0.379 e. The van der Waals surface area contributed by atoms with Gasteiger partial charge in [0.25, 0.3) is 5.91 Å². The number of aromatic nitrogens is 2. The second-order valence-corrected chi connectivity index (χ2v) is 3.49. The van der Waals surface area contributed by atoms with Crippen LogP contribution >= 0.6 is 0 Å².